The largest absolute Gasteiger partial charge is 0.506 e. The Morgan fingerprint density at radius 1 is 1.10 bits per heavy atom. The van der Waals surface area contributed by atoms with E-state index in [0.29, 0.717) is 22.5 Å². The second-order valence-electron chi connectivity index (χ2n) is 4.20. The Kier molecular flexibility index (Phi) is 4.74. The quantitative estimate of drug-likeness (QED) is 0.871. The number of methoxy groups -OCH3 is 2. The summed E-state index contributed by atoms with van der Waals surface area (Å²) in [4.78, 5) is 0. The average Bonchev–Trinajstić information content (AvgIpc) is 2.48. The van der Waals surface area contributed by atoms with E-state index in [1.54, 1.807) is 20.3 Å². The SMILES string of the molecule is COc1cc(NCc2cccc(Br)c2O)cc(OC)c1. The van der Waals surface area contributed by atoms with Crippen LogP contribution in [0.3, 0.4) is 0 Å². The Morgan fingerprint density at radius 2 is 1.75 bits per heavy atom. The zero-order valence-electron chi connectivity index (χ0n) is 11.3. The van der Waals surface area contributed by atoms with Crippen LogP contribution in [0.15, 0.2) is 40.9 Å². The topological polar surface area (TPSA) is 50.7 Å². The van der Waals surface area contributed by atoms with Crippen molar-refractivity contribution in [2.45, 2.75) is 6.54 Å². The van der Waals surface area contributed by atoms with Gasteiger partial charge in [0, 0.05) is 36.0 Å². The van der Waals surface area contributed by atoms with Crippen molar-refractivity contribution in [2.24, 2.45) is 0 Å². The van der Waals surface area contributed by atoms with Crippen molar-refractivity contribution in [3.8, 4) is 17.2 Å². The molecule has 0 aliphatic heterocycles. The number of hydrogen-bond donors (Lipinski definition) is 2. The zero-order chi connectivity index (χ0) is 14.5. The summed E-state index contributed by atoms with van der Waals surface area (Å²) in [7, 11) is 3.22. The van der Waals surface area contributed by atoms with E-state index in [1.807, 2.05) is 30.3 Å². The van der Waals surface area contributed by atoms with Gasteiger partial charge in [-0.25, -0.2) is 0 Å². The molecule has 0 aliphatic carbocycles. The number of phenols is 1. The first-order valence-corrected chi connectivity index (χ1v) is 6.86. The summed E-state index contributed by atoms with van der Waals surface area (Å²) >= 11 is 3.30. The van der Waals surface area contributed by atoms with E-state index < -0.39 is 0 Å². The molecule has 0 bridgehead atoms. The van der Waals surface area contributed by atoms with E-state index in [0.717, 1.165) is 11.3 Å². The third-order valence-electron chi connectivity index (χ3n) is 2.90. The fourth-order valence-corrected chi connectivity index (χ4v) is 2.22. The van der Waals surface area contributed by atoms with E-state index in [-0.39, 0.29) is 5.75 Å². The highest BCUT2D eigenvalue weighted by Gasteiger charge is 2.06. The molecule has 0 amide bonds. The maximum atomic E-state index is 9.94. The van der Waals surface area contributed by atoms with E-state index in [9.17, 15) is 5.11 Å². The van der Waals surface area contributed by atoms with Crippen molar-refractivity contribution in [3.63, 3.8) is 0 Å². The first-order chi connectivity index (χ1) is 9.63. The first-order valence-electron chi connectivity index (χ1n) is 6.07. The van der Waals surface area contributed by atoms with Crippen molar-refractivity contribution in [1.82, 2.24) is 0 Å². The second-order valence-corrected chi connectivity index (χ2v) is 5.06. The number of ether oxygens (including phenoxy) is 2. The molecule has 0 saturated carbocycles. The van der Waals surface area contributed by atoms with Gasteiger partial charge in [0.2, 0.25) is 0 Å². The van der Waals surface area contributed by atoms with Crippen LogP contribution in [-0.2, 0) is 6.54 Å². The fraction of sp³-hybridized carbons (Fsp3) is 0.200. The number of phenolic OH excluding ortho intramolecular Hbond substituents is 1. The number of anilines is 1. The van der Waals surface area contributed by atoms with Gasteiger partial charge in [0.1, 0.15) is 17.2 Å². The minimum atomic E-state index is 0.245. The molecule has 0 atom stereocenters. The predicted octanol–water partition coefficient (Wildman–Crippen LogP) is 3.78. The first kappa shape index (κ1) is 14.5. The van der Waals surface area contributed by atoms with Crippen LogP contribution in [0.2, 0.25) is 0 Å². The van der Waals surface area contributed by atoms with Crippen molar-refractivity contribution < 1.29 is 14.6 Å². The minimum Gasteiger partial charge on any atom is -0.506 e. The van der Waals surface area contributed by atoms with Gasteiger partial charge >= 0.3 is 0 Å². The molecule has 2 rings (SSSR count). The van der Waals surface area contributed by atoms with Crippen molar-refractivity contribution >= 4 is 21.6 Å². The highest BCUT2D eigenvalue weighted by molar-refractivity contribution is 9.10. The van der Waals surface area contributed by atoms with Gasteiger partial charge in [-0.2, -0.15) is 0 Å². The lowest BCUT2D eigenvalue weighted by molar-refractivity contribution is 0.394. The summed E-state index contributed by atoms with van der Waals surface area (Å²) in [6.07, 6.45) is 0. The lowest BCUT2D eigenvalue weighted by Gasteiger charge is -2.12. The summed E-state index contributed by atoms with van der Waals surface area (Å²) < 4.78 is 11.1. The summed E-state index contributed by atoms with van der Waals surface area (Å²) in [6.45, 7) is 0.502. The zero-order valence-corrected chi connectivity index (χ0v) is 12.9. The van der Waals surface area contributed by atoms with Gasteiger partial charge in [0.25, 0.3) is 0 Å². The summed E-state index contributed by atoms with van der Waals surface area (Å²) in [5.41, 5.74) is 1.67. The molecule has 0 saturated heterocycles. The number of rotatable bonds is 5. The van der Waals surface area contributed by atoms with Crippen LogP contribution in [0.25, 0.3) is 0 Å². The number of hydrogen-bond acceptors (Lipinski definition) is 4. The number of para-hydroxylation sites is 1. The van der Waals surface area contributed by atoms with Crippen molar-refractivity contribution in [2.75, 3.05) is 19.5 Å². The molecule has 0 spiro atoms. The van der Waals surface area contributed by atoms with E-state index >= 15 is 0 Å². The second kappa shape index (κ2) is 6.52. The lowest BCUT2D eigenvalue weighted by Crippen LogP contribution is -2.00. The molecule has 106 valence electrons. The Bertz CT molecular complexity index is 579. The van der Waals surface area contributed by atoms with E-state index in [2.05, 4.69) is 21.2 Å². The van der Waals surface area contributed by atoms with Crippen LogP contribution in [0, 0.1) is 0 Å². The molecule has 0 aromatic heterocycles. The van der Waals surface area contributed by atoms with Crippen LogP contribution >= 0.6 is 15.9 Å². The molecule has 4 nitrogen and oxygen atoms in total. The predicted molar refractivity (Wildman–Crippen MR) is 82.7 cm³/mol. The van der Waals surface area contributed by atoms with Crippen LogP contribution < -0.4 is 14.8 Å². The van der Waals surface area contributed by atoms with Crippen molar-refractivity contribution in [1.29, 1.82) is 0 Å². The smallest absolute Gasteiger partial charge is 0.134 e. The molecule has 0 fully saturated rings. The molecular formula is C15H16BrNO3. The molecule has 0 heterocycles. The molecule has 2 N–H and O–H groups in total. The van der Waals surface area contributed by atoms with Gasteiger partial charge < -0.3 is 19.9 Å². The Morgan fingerprint density at radius 3 is 2.35 bits per heavy atom. The molecule has 2 aromatic carbocycles. The molecule has 5 heteroatoms. The van der Waals surface area contributed by atoms with Crippen LogP contribution in [-0.4, -0.2) is 19.3 Å². The van der Waals surface area contributed by atoms with Gasteiger partial charge in [-0.05, 0) is 22.0 Å². The lowest BCUT2D eigenvalue weighted by atomic mass is 10.2. The normalized spacial score (nSPS) is 10.2. The van der Waals surface area contributed by atoms with Crippen molar-refractivity contribution in [3.05, 3.63) is 46.4 Å². The molecule has 0 unspecified atom stereocenters. The average molecular weight is 338 g/mol. The third kappa shape index (κ3) is 3.36. The summed E-state index contributed by atoms with van der Waals surface area (Å²) in [5, 5.41) is 13.2. The van der Waals surface area contributed by atoms with Crippen LogP contribution in [0.5, 0.6) is 17.2 Å². The van der Waals surface area contributed by atoms with E-state index in [1.165, 1.54) is 0 Å². The monoisotopic (exact) mass is 337 g/mol. The van der Waals surface area contributed by atoms with E-state index in [4.69, 9.17) is 9.47 Å². The number of aromatic hydroxyl groups is 1. The molecular weight excluding hydrogens is 322 g/mol. The highest BCUT2D eigenvalue weighted by Crippen LogP contribution is 2.29. The minimum absolute atomic E-state index is 0.245. The van der Waals surface area contributed by atoms with Crippen LogP contribution in [0.4, 0.5) is 5.69 Å². The maximum Gasteiger partial charge on any atom is 0.134 e. The van der Waals surface area contributed by atoms with Gasteiger partial charge in [-0.3, -0.25) is 0 Å². The molecule has 20 heavy (non-hydrogen) atoms. The number of nitrogens with one attached hydrogen (secondary N) is 1. The number of halogens is 1. The van der Waals surface area contributed by atoms with Gasteiger partial charge in [0.05, 0.1) is 18.7 Å². The standard InChI is InChI=1S/C15H16BrNO3/c1-19-12-6-11(7-13(8-12)20-2)17-9-10-4-3-5-14(16)15(10)18/h3-8,17-18H,9H2,1-2H3. The fourth-order valence-electron chi connectivity index (χ4n) is 1.81. The van der Waals surface area contributed by atoms with Gasteiger partial charge in [-0.1, -0.05) is 12.1 Å². The molecule has 2 aromatic rings. The highest BCUT2D eigenvalue weighted by atomic mass is 79.9. The summed E-state index contributed by atoms with van der Waals surface area (Å²) in [5.74, 6) is 1.67. The van der Waals surface area contributed by atoms with Crippen LogP contribution in [0.1, 0.15) is 5.56 Å². The molecule has 0 radical (unpaired) electrons. The maximum absolute atomic E-state index is 9.94. The summed E-state index contributed by atoms with van der Waals surface area (Å²) in [6, 6.07) is 11.1. The molecule has 0 aliphatic rings. The Balaban J connectivity index is 2.16. The third-order valence-corrected chi connectivity index (χ3v) is 3.54. The number of benzene rings is 2. The van der Waals surface area contributed by atoms with Gasteiger partial charge in [0.15, 0.2) is 0 Å². The van der Waals surface area contributed by atoms with Gasteiger partial charge in [-0.15, -0.1) is 0 Å². The Labute approximate surface area is 126 Å². The Hall–Kier alpha value is -1.88.